The Morgan fingerprint density at radius 1 is 1.47 bits per heavy atom. The molecule has 2 N–H and O–H groups in total. The zero-order valence-electron chi connectivity index (χ0n) is 8.49. The molecule has 4 heteroatoms. The molecule has 0 amide bonds. The Hall–Kier alpha value is -0.610. The quantitative estimate of drug-likeness (QED) is 0.888. The Bertz CT molecular complexity index is 383. The number of rotatable bonds is 2. The number of hydrogen-bond donors (Lipinski definition) is 1. The smallest absolute Gasteiger partial charge is 0.142 e. The molecule has 1 aromatic rings. The van der Waals surface area contributed by atoms with Gasteiger partial charge in [0, 0.05) is 19.3 Å². The minimum atomic E-state index is 0.0664. The van der Waals surface area contributed by atoms with Crippen molar-refractivity contribution in [1.29, 1.82) is 0 Å². The summed E-state index contributed by atoms with van der Waals surface area (Å²) in [6.45, 7) is 1.90. The van der Waals surface area contributed by atoms with Gasteiger partial charge in [-0.1, -0.05) is 0 Å². The summed E-state index contributed by atoms with van der Waals surface area (Å²) in [5.41, 5.74) is 6.37. The van der Waals surface area contributed by atoms with Gasteiger partial charge >= 0.3 is 0 Å². The maximum Gasteiger partial charge on any atom is 0.142 e. The van der Waals surface area contributed by atoms with Gasteiger partial charge in [0.1, 0.15) is 5.82 Å². The molecule has 0 spiro atoms. The number of nitrogens with two attached hydrogens (primary N) is 1. The normalized spacial score (nSPS) is 23.7. The van der Waals surface area contributed by atoms with Gasteiger partial charge in [-0.3, -0.25) is 0 Å². The van der Waals surface area contributed by atoms with E-state index in [1.54, 1.807) is 0 Å². The SMILES string of the molecule is NC1(C2CC2)CN(c2ncccc2Br)C1. The molecule has 15 heavy (non-hydrogen) atoms. The second-order valence-electron chi connectivity index (χ2n) is 4.67. The van der Waals surface area contributed by atoms with E-state index >= 15 is 0 Å². The molecule has 1 saturated heterocycles. The number of halogens is 1. The summed E-state index contributed by atoms with van der Waals surface area (Å²) in [5.74, 6) is 1.79. The number of aromatic nitrogens is 1. The lowest BCUT2D eigenvalue weighted by atomic mass is 9.86. The predicted molar refractivity (Wildman–Crippen MR) is 63.8 cm³/mol. The molecule has 3 rings (SSSR count). The Labute approximate surface area is 97.8 Å². The molecule has 1 aromatic heterocycles. The number of nitrogens with zero attached hydrogens (tertiary/aromatic N) is 2. The lowest BCUT2D eigenvalue weighted by Gasteiger charge is -2.49. The highest BCUT2D eigenvalue weighted by Crippen LogP contribution is 2.44. The molecule has 2 aliphatic rings. The van der Waals surface area contributed by atoms with Gasteiger partial charge in [0.05, 0.1) is 10.0 Å². The van der Waals surface area contributed by atoms with E-state index in [0.29, 0.717) is 0 Å². The predicted octanol–water partition coefficient (Wildman–Crippen LogP) is 1.77. The van der Waals surface area contributed by atoms with E-state index in [-0.39, 0.29) is 5.54 Å². The maximum atomic E-state index is 6.30. The summed E-state index contributed by atoms with van der Waals surface area (Å²) in [7, 11) is 0. The number of anilines is 1. The monoisotopic (exact) mass is 267 g/mol. The summed E-state index contributed by atoms with van der Waals surface area (Å²) in [6.07, 6.45) is 4.45. The van der Waals surface area contributed by atoms with Crippen molar-refractivity contribution in [2.45, 2.75) is 18.4 Å². The molecule has 1 saturated carbocycles. The van der Waals surface area contributed by atoms with E-state index in [0.717, 1.165) is 29.3 Å². The first-order valence-corrected chi connectivity index (χ1v) is 6.13. The van der Waals surface area contributed by atoms with Crippen LogP contribution in [0, 0.1) is 5.92 Å². The highest BCUT2D eigenvalue weighted by molar-refractivity contribution is 9.10. The van der Waals surface area contributed by atoms with Crippen molar-refractivity contribution in [2.75, 3.05) is 18.0 Å². The number of pyridine rings is 1. The largest absolute Gasteiger partial charge is 0.352 e. The Morgan fingerprint density at radius 3 is 2.80 bits per heavy atom. The molecule has 2 fully saturated rings. The van der Waals surface area contributed by atoms with Gasteiger partial charge in [-0.2, -0.15) is 0 Å². The Balaban J connectivity index is 1.74. The zero-order chi connectivity index (χ0) is 10.5. The first-order chi connectivity index (χ1) is 7.19. The summed E-state index contributed by atoms with van der Waals surface area (Å²) >= 11 is 3.52. The van der Waals surface area contributed by atoms with Crippen LogP contribution in [-0.2, 0) is 0 Å². The Kier molecular flexibility index (Phi) is 2.04. The molecular weight excluding hydrogens is 254 g/mol. The lowest BCUT2D eigenvalue weighted by molar-refractivity contribution is 0.289. The molecular formula is C11H14BrN3. The second kappa shape index (κ2) is 3.19. The van der Waals surface area contributed by atoms with Gasteiger partial charge in [0.15, 0.2) is 0 Å². The van der Waals surface area contributed by atoms with Crippen molar-refractivity contribution in [3.8, 4) is 0 Å². The van der Waals surface area contributed by atoms with E-state index in [1.807, 2.05) is 18.3 Å². The fraction of sp³-hybridized carbons (Fsp3) is 0.545. The summed E-state index contributed by atoms with van der Waals surface area (Å²) in [6, 6.07) is 3.96. The first kappa shape index (κ1) is 9.60. The van der Waals surface area contributed by atoms with Crippen LogP contribution in [0.15, 0.2) is 22.8 Å². The number of hydrogen-bond acceptors (Lipinski definition) is 3. The minimum Gasteiger partial charge on any atom is -0.352 e. The third kappa shape index (κ3) is 1.56. The van der Waals surface area contributed by atoms with E-state index in [9.17, 15) is 0 Å². The standard InChI is InChI=1S/C11H14BrN3/c12-9-2-1-5-14-10(9)15-6-11(13,7-15)8-3-4-8/h1-2,5,8H,3-4,6-7,13H2. The highest BCUT2D eigenvalue weighted by atomic mass is 79.9. The molecule has 2 heterocycles. The van der Waals surface area contributed by atoms with Crippen LogP contribution in [0.25, 0.3) is 0 Å². The van der Waals surface area contributed by atoms with E-state index in [4.69, 9.17) is 5.73 Å². The lowest BCUT2D eigenvalue weighted by Crippen LogP contribution is -2.69. The van der Waals surface area contributed by atoms with Gasteiger partial charge in [0.2, 0.25) is 0 Å². The summed E-state index contributed by atoms with van der Waals surface area (Å²) in [4.78, 5) is 6.62. The van der Waals surface area contributed by atoms with E-state index in [2.05, 4.69) is 25.8 Å². The van der Waals surface area contributed by atoms with Gasteiger partial charge in [-0.25, -0.2) is 4.98 Å². The van der Waals surface area contributed by atoms with Crippen LogP contribution in [0.1, 0.15) is 12.8 Å². The first-order valence-electron chi connectivity index (χ1n) is 5.33. The van der Waals surface area contributed by atoms with Crippen LogP contribution < -0.4 is 10.6 Å². The molecule has 0 atom stereocenters. The molecule has 1 aliphatic carbocycles. The fourth-order valence-corrected chi connectivity index (χ4v) is 2.85. The van der Waals surface area contributed by atoms with Crippen molar-refractivity contribution >= 4 is 21.7 Å². The molecule has 0 aromatic carbocycles. The molecule has 0 radical (unpaired) electrons. The minimum absolute atomic E-state index is 0.0664. The fourth-order valence-electron chi connectivity index (χ4n) is 2.34. The maximum absolute atomic E-state index is 6.30. The van der Waals surface area contributed by atoms with E-state index < -0.39 is 0 Å². The summed E-state index contributed by atoms with van der Waals surface area (Å²) < 4.78 is 1.06. The van der Waals surface area contributed by atoms with Crippen LogP contribution >= 0.6 is 15.9 Å². The molecule has 0 bridgehead atoms. The highest BCUT2D eigenvalue weighted by Gasteiger charge is 2.50. The zero-order valence-corrected chi connectivity index (χ0v) is 10.1. The van der Waals surface area contributed by atoms with Crippen molar-refractivity contribution in [1.82, 2.24) is 4.98 Å². The summed E-state index contributed by atoms with van der Waals surface area (Å²) in [5, 5.41) is 0. The van der Waals surface area contributed by atoms with Gasteiger partial charge < -0.3 is 10.6 Å². The molecule has 80 valence electrons. The third-order valence-corrected chi connectivity index (χ3v) is 4.02. The van der Waals surface area contributed by atoms with Gasteiger partial charge in [-0.05, 0) is 46.8 Å². The average Bonchev–Trinajstić information content (AvgIpc) is 2.97. The van der Waals surface area contributed by atoms with Crippen molar-refractivity contribution < 1.29 is 0 Å². The third-order valence-electron chi connectivity index (χ3n) is 3.40. The van der Waals surface area contributed by atoms with Crippen molar-refractivity contribution in [3.63, 3.8) is 0 Å². The van der Waals surface area contributed by atoms with Gasteiger partial charge in [-0.15, -0.1) is 0 Å². The van der Waals surface area contributed by atoms with Crippen LogP contribution in [0.3, 0.4) is 0 Å². The van der Waals surface area contributed by atoms with E-state index in [1.165, 1.54) is 12.8 Å². The van der Waals surface area contributed by atoms with Crippen molar-refractivity contribution in [2.24, 2.45) is 11.7 Å². The van der Waals surface area contributed by atoms with Crippen LogP contribution in [0.5, 0.6) is 0 Å². The Morgan fingerprint density at radius 2 is 2.20 bits per heavy atom. The van der Waals surface area contributed by atoms with Crippen LogP contribution in [0.4, 0.5) is 5.82 Å². The average molecular weight is 268 g/mol. The molecule has 3 nitrogen and oxygen atoms in total. The van der Waals surface area contributed by atoms with Crippen LogP contribution in [-0.4, -0.2) is 23.6 Å². The second-order valence-corrected chi connectivity index (χ2v) is 5.53. The topological polar surface area (TPSA) is 42.1 Å². The van der Waals surface area contributed by atoms with Crippen molar-refractivity contribution in [3.05, 3.63) is 22.8 Å². The van der Waals surface area contributed by atoms with Gasteiger partial charge in [0.25, 0.3) is 0 Å². The molecule has 1 aliphatic heterocycles. The van der Waals surface area contributed by atoms with Crippen LogP contribution in [0.2, 0.25) is 0 Å². The molecule has 0 unspecified atom stereocenters.